The minimum atomic E-state index is -0.691. The summed E-state index contributed by atoms with van der Waals surface area (Å²) in [6.07, 6.45) is 4.73. The zero-order chi connectivity index (χ0) is 21.3. The van der Waals surface area contributed by atoms with Crippen molar-refractivity contribution in [3.63, 3.8) is 0 Å². The molecule has 3 aliphatic rings. The van der Waals surface area contributed by atoms with Crippen molar-refractivity contribution in [3.05, 3.63) is 34.9 Å². The van der Waals surface area contributed by atoms with Gasteiger partial charge in [0.1, 0.15) is 0 Å². The molecule has 2 fully saturated rings. The molecule has 1 aliphatic carbocycles. The number of fused-ring (bicyclic) bond motifs is 1. The number of esters is 1. The van der Waals surface area contributed by atoms with Gasteiger partial charge in [-0.3, -0.25) is 19.3 Å². The number of benzene rings is 1. The fraction of sp³-hybridized carbons (Fsp3) is 0.545. The summed E-state index contributed by atoms with van der Waals surface area (Å²) in [6.45, 7) is 2.89. The molecule has 1 atom stereocenters. The number of ether oxygens (including phenoxy) is 2. The maximum atomic E-state index is 12.9. The smallest absolute Gasteiger partial charge is 0.338 e. The van der Waals surface area contributed by atoms with Crippen LogP contribution in [0.3, 0.4) is 0 Å². The van der Waals surface area contributed by atoms with Crippen molar-refractivity contribution >= 4 is 23.7 Å². The van der Waals surface area contributed by atoms with Crippen LogP contribution in [0, 0.1) is 0 Å². The van der Waals surface area contributed by atoms with E-state index in [1.165, 1.54) is 23.1 Å². The summed E-state index contributed by atoms with van der Waals surface area (Å²) >= 11 is 0. The summed E-state index contributed by atoms with van der Waals surface area (Å²) in [5.41, 5.74) is 0.706. The average Bonchev–Trinajstić information content (AvgIpc) is 3.02. The molecule has 8 nitrogen and oxygen atoms in total. The summed E-state index contributed by atoms with van der Waals surface area (Å²) in [5, 5.41) is 0. The van der Waals surface area contributed by atoms with Crippen LogP contribution in [0.2, 0.25) is 0 Å². The van der Waals surface area contributed by atoms with Crippen LogP contribution in [0.25, 0.3) is 0 Å². The molecule has 8 heteroatoms. The standard InChI is InChI=1S/C22H26N2O6/c1-14-12-23(9-10-29-14)19(25)13-30-22(28)15-7-8-17-18(11-15)21(27)24(20(17)26)16-5-3-2-4-6-16/h7-8,11,14,16H,2-6,9-10,12-13H2,1H3. The van der Waals surface area contributed by atoms with Crippen LogP contribution in [-0.2, 0) is 14.3 Å². The van der Waals surface area contributed by atoms with Crippen LogP contribution in [0.15, 0.2) is 18.2 Å². The molecule has 0 spiro atoms. The number of nitrogens with zero attached hydrogens (tertiary/aromatic N) is 2. The Morgan fingerprint density at radius 3 is 2.57 bits per heavy atom. The van der Waals surface area contributed by atoms with Crippen LogP contribution < -0.4 is 0 Å². The van der Waals surface area contributed by atoms with Gasteiger partial charge in [-0.05, 0) is 38.0 Å². The van der Waals surface area contributed by atoms with Crippen LogP contribution in [-0.4, -0.2) is 71.9 Å². The van der Waals surface area contributed by atoms with Crippen molar-refractivity contribution in [2.24, 2.45) is 0 Å². The molecule has 0 bridgehead atoms. The Morgan fingerprint density at radius 2 is 1.83 bits per heavy atom. The third-order valence-electron chi connectivity index (χ3n) is 6.01. The van der Waals surface area contributed by atoms with E-state index >= 15 is 0 Å². The number of rotatable bonds is 4. The molecule has 0 N–H and O–H groups in total. The highest BCUT2D eigenvalue weighted by molar-refractivity contribution is 6.22. The monoisotopic (exact) mass is 414 g/mol. The van der Waals surface area contributed by atoms with Crippen molar-refractivity contribution in [2.75, 3.05) is 26.3 Å². The van der Waals surface area contributed by atoms with E-state index in [1.807, 2.05) is 6.92 Å². The summed E-state index contributed by atoms with van der Waals surface area (Å²) in [5.74, 6) is -1.62. The van der Waals surface area contributed by atoms with E-state index < -0.39 is 5.97 Å². The number of hydrogen-bond acceptors (Lipinski definition) is 6. The summed E-state index contributed by atoms with van der Waals surface area (Å²) in [6, 6.07) is 4.30. The number of morpholine rings is 1. The molecule has 4 rings (SSSR count). The number of imide groups is 1. The van der Waals surface area contributed by atoms with Gasteiger partial charge in [0.2, 0.25) is 0 Å². The molecule has 1 aromatic carbocycles. The molecule has 2 heterocycles. The summed E-state index contributed by atoms with van der Waals surface area (Å²) in [7, 11) is 0. The first-order chi connectivity index (χ1) is 14.5. The molecule has 1 saturated carbocycles. The molecular weight excluding hydrogens is 388 g/mol. The molecule has 0 aromatic heterocycles. The maximum absolute atomic E-state index is 12.9. The van der Waals surface area contributed by atoms with Gasteiger partial charge in [-0.1, -0.05) is 19.3 Å². The second-order valence-corrected chi connectivity index (χ2v) is 8.13. The highest BCUT2D eigenvalue weighted by Crippen LogP contribution is 2.31. The van der Waals surface area contributed by atoms with E-state index in [0.717, 1.165) is 32.1 Å². The second kappa shape index (κ2) is 8.55. The van der Waals surface area contributed by atoms with E-state index in [0.29, 0.717) is 25.3 Å². The van der Waals surface area contributed by atoms with Crippen molar-refractivity contribution in [1.29, 1.82) is 0 Å². The van der Waals surface area contributed by atoms with Gasteiger partial charge in [-0.15, -0.1) is 0 Å². The Balaban J connectivity index is 1.41. The lowest BCUT2D eigenvalue weighted by Gasteiger charge is -2.30. The SMILES string of the molecule is CC1CN(C(=O)COC(=O)c2ccc3c(c2)C(=O)N(C2CCCCC2)C3=O)CCO1. The Morgan fingerprint density at radius 1 is 1.10 bits per heavy atom. The van der Waals surface area contributed by atoms with E-state index in [-0.39, 0.29) is 47.6 Å². The maximum Gasteiger partial charge on any atom is 0.338 e. The molecule has 1 aromatic rings. The Kier molecular flexibility index (Phi) is 5.85. The van der Waals surface area contributed by atoms with Gasteiger partial charge in [0, 0.05) is 19.1 Å². The van der Waals surface area contributed by atoms with Gasteiger partial charge in [-0.2, -0.15) is 0 Å². The third-order valence-corrected chi connectivity index (χ3v) is 6.01. The molecule has 160 valence electrons. The molecule has 3 amide bonds. The van der Waals surface area contributed by atoms with Gasteiger partial charge < -0.3 is 14.4 Å². The highest BCUT2D eigenvalue weighted by atomic mass is 16.5. The second-order valence-electron chi connectivity index (χ2n) is 8.13. The van der Waals surface area contributed by atoms with Crippen molar-refractivity contribution in [3.8, 4) is 0 Å². The molecule has 30 heavy (non-hydrogen) atoms. The van der Waals surface area contributed by atoms with Crippen LogP contribution in [0.5, 0.6) is 0 Å². The lowest BCUT2D eigenvalue weighted by Crippen LogP contribution is -2.46. The normalized spacial score (nSPS) is 22.2. The molecule has 1 unspecified atom stereocenters. The topological polar surface area (TPSA) is 93.2 Å². The van der Waals surface area contributed by atoms with E-state index in [1.54, 1.807) is 4.90 Å². The van der Waals surface area contributed by atoms with E-state index in [2.05, 4.69) is 0 Å². The quantitative estimate of drug-likeness (QED) is 0.553. The number of hydrogen-bond donors (Lipinski definition) is 0. The average molecular weight is 414 g/mol. The number of carbonyl (C=O) groups excluding carboxylic acids is 4. The zero-order valence-electron chi connectivity index (χ0n) is 17.1. The molecule has 2 aliphatic heterocycles. The van der Waals surface area contributed by atoms with Crippen molar-refractivity contribution in [2.45, 2.75) is 51.2 Å². The fourth-order valence-electron chi connectivity index (χ4n) is 4.40. The van der Waals surface area contributed by atoms with Crippen LogP contribution >= 0.6 is 0 Å². The van der Waals surface area contributed by atoms with Crippen molar-refractivity contribution in [1.82, 2.24) is 9.80 Å². The predicted molar refractivity (Wildman–Crippen MR) is 106 cm³/mol. The fourth-order valence-corrected chi connectivity index (χ4v) is 4.40. The first-order valence-electron chi connectivity index (χ1n) is 10.5. The lowest BCUT2D eigenvalue weighted by atomic mass is 9.94. The zero-order valence-corrected chi connectivity index (χ0v) is 17.1. The largest absolute Gasteiger partial charge is 0.452 e. The Labute approximate surface area is 175 Å². The van der Waals surface area contributed by atoms with Gasteiger partial charge in [-0.25, -0.2) is 4.79 Å². The minimum absolute atomic E-state index is 0.0502. The Hall–Kier alpha value is -2.74. The van der Waals surface area contributed by atoms with Gasteiger partial charge in [0.05, 0.1) is 29.4 Å². The van der Waals surface area contributed by atoms with Crippen molar-refractivity contribution < 1.29 is 28.7 Å². The molecule has 0 radical (unpaired) electrons. The van der Waals surface area contributed by atoms with Gasteiger partial charge >= 0.3 is 5.97 Å². The van der Waals surface area contributed by atoms with E-state index in [4.69, 9.17) is 9.47 Å². The minimum Gasteiger partial charge on any atom is -0.452 e. The van der Waals surface area contributed by atoms with Crippen LogP contribution in [0.1, 0.15) is 70.1 Å². The summed E-state index contributed by atoms with van der Waals surface area (Å²) in [4.78, 5) is 53.3. The first kappa shape index (κ1) is 20.5. The third kappa shape index (κ3) is 3.96. The number of carbonyl (C=O) groups is 4. The van der Waals surface area contributed by atoms with Crippen LogP contribution in [0.4, 0.5) is 0 Å². The van der Waals surface area contributed by atoms with Gasteiger partial charge in [0.25, 0.3) is 17.7 Å². The molecule has 1 saturated heterocycles. The van der Waals surface area contributed by atoms with Gasteiger partial charge in [0.15, 0.2) is 6.61 Å². The lowest BCUT2D eigenvalue weighted by molar-refractivity contribution is -0.141. The molecular formula is C22H26N2O6. The van der Waals surface area contributed by atoms with E-state index in [9.17, 15) is 19.2 Å². The number of amides is 3. The summed E-state index contributed by atoms with van der Waals surface area (Å²) < 4.78 is 10.6. The first-order valence-corrected chi connectivity index (χ1v) is 10.5. The Bertz CT molecular complexity index is 876. The predicted octanol–water partition coefficient (Wildman–Crippen LogP) is 2.02. The highest BCUT2D eigenvalue weighted by Gasteiger charge is 2.40.